The number of nitrogens with zero attached hydrogens (tertiary/aromatic N) is 4. The zero-order valence-electron chi connectivity index (χ0n) is 18.4. The predicted molar refractivity (Wildman–Crippen MR) is 120 cm³/mol. The van der Waals surface area contributed by atoms with Gasteiger partial charge in [-0.1, -0.05) is 36.2 Å². The summed E-state index contributed by atoms with van der Waals surface area (Å²) in [5.41, 5.74) is 3.88. The summed E-state index contributed by atoms with van der Waals surface area (Å²) in [6, 6.07) is 11.7. The summed E-state index contributed by atoms with van der Waals surface area (Å²) in [7, 11) is 0. The van der Waals surface area contributed by atoms with Gasteiger partial charge in [-0.25, -0.2) is 4.98 Å². The highest BCUT2D eigenvalue weighted by Gasteiger charge is 2.31. The fourth-order valence-corrected chi connectivity index (χ4v) is 4.63. The van der Waals surface area contributed by atoms with E-state index in [0.29, 0.717) is 37.6 Å². The summed E-state index contributed by atoms with van der Waals surface area (Å²) in [6.07, 6.45) is 5.71. The molecule has 0 saturated carbocycles. The molecule has 0 N–H and O–H groups in total. The Bertz CT molecular complexity index is 1110. The molecule has 0 atom stereocenters. The van der Waals surface area contributed by atoms with Crippen molar-refractivity contribution in [3.05, 3.63) is 65.4 Å². The molecule has 0 aliphatic carbocycles. The monoisotopic (exact) mass is 432 g/mol. The van der Waals surface area contributed by atoms with E-state index in [4.69, 9.17) is 9.40 Å². The molecule has 166 valence electrons. The van der Waals surface area contributed by atoms with Crippen LogP contribution in [-0.4, -0.2) is 57.3 Å². The van der Waals surface area contributed by atoms with Gasteiger partial charge in [-0.15, -0.1) is 0 Å². The first kappa shape index (κ1) is 20.5. The lowest BCUT2D eigenvalue weighted by Gasteiger charge is -2.34. The third kappa shape index (κ3) is 3.83. The van der Waals surface area contributed by atoms with Gasteiger partial charge in [-0.05, 0) is 38.3 Å². The number of carbonyl (C=O) groups excluding carboxylic acids is 2. The van der Waals surface area contributed by atoms with Crippen LogP contribution in [-0.2, 0) is 13.0 Å². The van der Waals surface area contributed by atoms with Crippen LogP contribution < -0.4 is 0 Å². The molecule has 7 heteroatoms. The van der Waals surface area contributed by atoms with E-state index in [1.807, 2.05) is 4.90 Å². The Morgan fingerprint density at radius 1 is 0.875 bits per heavy atom. The largest absolute Gasteiger partial charge is 0.459 e. The van der Waals surface area contributed by atoms with Gasteiger partial charge in [0.05, 0.1) is 12.0 Å². The second kappa shape index (κ2) is 8.65. The van der Waals surface area contributed by atoms with Gasteiger partial charge in [0.15, 0.2) is 5.76 Å². The van der Waals surface area contributed by atoms with E-state index in [1.54, 1.807) is 17.0 Å². The number of hydrogen-bond donors (Lipinski definition) is 0. The van der Waals surface area contributed by atoms with E-state index >= 15 is 0 Å². The Labute approximate surface area is 187 Å². The lowest BCUT2D eigenvalue weighted by molar-refractivity contribution is 0.0515. The maximum atomic E-state index is 13.5. The van der Waals surface area contributed by atoms with Crippen LogP contribution >= 0.6 is 0 Å². The Hall–Kier alpha value is -3.35. The molecule has 2 amide bonds. The van der Waals surface area contributed by atoms with Crippen molar-refractivity contribution in [2.24, 2.45) is 0 Å². The molecule has 1 aromatic carbocycles. The van der Waals surface area contributed by atoms with Crippen molar-refractivity contribution in [3.8, 4) is 11.4 Å². The molecule has 1 fully saturated rings. The van der Waals surface area contributed by atoms with Crippen LogP contribution in [0.25, 0.3) is 11.4 Å². The fraction of sp³-hybridized carbons (Fsp3) is 0.400. The number of amides is 2. The number of rotatable bonds is 3. The van der Waals surface area contributed by atoms with Gasteiger partial charge < -0.3 is 18.8 Å². The highest BCUT2D eigenvalue weighted by atomic mass is 16.3. The van der Waals surface area contributed by atoms with Crippen molar-refractivity contribution >= 4 is 11.8 Å². The lowest BCUT2D eigenvalue weighted by atomic mass is 10.1. The second-order valence-electron chi connectivity index (χ2n) is 8.62. The van der Waals surface area contributed by atoms with Crippen LogP contribution in [0.5, 0.6) is 0 Å². The van der Waals surface area contributed by atoms with Gasteiger partial charge in [-0.2, -0.15) is 0 Å². The molecule has 5 rings (SSSR count). The topological polar surface area (TPSA) is 71.6 Å². The normalized spacial score (nSPS) is 16.5. The Morgan fingerprint density at radius 2 is 1.59 bits per heavy atom. The number of furan rings is 1. The van der Waals surface area contributed by atoms with Crippen molar-refractivity contribution in [2.45, 2.75) is 39.2 Å². The molecule has 3 aromatic rings. The minimum absolute atomic E-state index is 0.0286. The second-order valence-corrected chi connectivity index (χ2v) is 8.62. The Morgan fingerprint density at radius 3 is 2.28 bits per heavy atom. The van der Waals surface area contributed by atoms with Crippen molar-refractivity contribution in [1.29, 1.82) is 0 Å². The number of aryl methyl sites for hydroxylation is 1. The standard InChI is InChI=1S/C25H28N4O3/c1-18-8-10-19(11-9-18)23-26-22(20-6-3-2-4-12-29(20)23)25(31)28-15-13-27(14-16-28)24(30)21-7-5-17-32-21/h5,7-11,17H,2-4,6,12-16H2,1H3. The molecule has 2 aliphatic heterocycles. The average Bonchev–Trinajstić information content (AvgIpc) is 3.42. The third-order valence-electron chi connectivity index (χ3n) is 6.47. The van der Waals surface area contributed by atoms with Crippen LogP contribution in [0.3, 0.4) is 0 Å². The fourth-order valence-electron chi connectivity index (χ4n) is 4.63. The van der Waals surface area contributed by atoms with E-state index in [9.17, 15) is 9.59 Å². The van der Waals surface area contributed by atoms with Crippen molar-refractivity contribution in [3.63, 3.8) is 0 Å². The summed E-state index contributed by atoms with van der Waals surface area (Å²) in [5.74, 6) is 1.07. The van der Waals surface area contributed by atoms with Gasteiger partial charge in [0.2, 0.25) is 0 Å². The molecule has 0 radical (unpaired) electrons. The Kier molecular flexibility index (Phi) is 5.55. The first-order valence-corrected chi connectivity index (χ1v) is 11.4. The molecule has 4 heterocycles. The summed E-state index contributed by atoms with van der Waals surface area (Å²) in [5, 5.41) is 0. The lowest BCUT2D eigenvalue weighted by Crippen LogP contribution is -2.50. The van der Waals surface area contributed by atoms with E-state index < -0.39 is 0 Å². The highest BCUT2D eigenvalue weighted by Crippen LogP contribution is 2.28. The number of benzene rings is 1. The van der Waals surface area contributed by atoms with Crippen LogP contribution in [0.4, 0.5) is 0 Å². The minimum atomic E-state index is -0.125. The molecule has 0 unspecified atom stereocenters. The summed E-state index contributed by atoms with van der Waals surface area (Å²) < 4.78 is 7.49. The molecule has 1 saturated heterocycles. The summed E-state index contributed by atoms with van der Waals surface area (Å²) >= 11 is 0. The van der Waals surface area contributed by atoms with Gasteiger partial charge in [0, 0.05) is 38.3 Å². The van der Waals surface area contributed by atoms with E-state index in [-0.39, 0.29) is 11.8 Å². The van der Waals surface area contributed by atoms with Crippen molar-refractivity contribution < 1.29 is 14.0 Å². The molecule has 7 nitrogen and oxygen atoms in total. The number of carbonyl (C=O) groups is 2. The van der Waals surface area contributed by atoms with Crippen LogP contribution in [0.15, 0.2) is 47.1 Å². The molecule has 0 spiro atoms. The quantitative estimate of drug-likeness (QED) is 0.632. The van der Waals surface area contributed by atoms with Gasteiger partial charge in [-0.3, -0.25) is 9.59 Å². The molecule has 2 aliphatic rings. The molecule has 2 aromatic heterocycles. The van der Waals surface area contributed by atoms with Crippen LogP contribution in [0.1, 0.15) is 51.6 Å². The minimum Gasteiger partial charge on any atom is -0.459 e. The maximum Gasteiger partial charge on any atom is 0.289 e. The van der Waals surface area contributed by atoms with E-state index in [2.05, 4.69) is 35.8 Å². The Balaban J connectivity index is 1.38. The first-order valence-electron chi connectivity index (χ1n) is 11.4. The number of piperazine rings is 1. The summed E-state index contributed by atoms with van der Waals surface area (Å²) in [4.78, 5) is 34.5. The highest BCUT2D eigenvalue weighted by molar-refractivity contribution is 5.95. The number of fused-ring (bicyclic) bond motifs is 1. The van der Waals surface area contributed by atoms with Crippen molar-refractivity contribution in [1.82, 2.24) is 19.4 Å². The molecular formula is C25H28N4O3. The molecule has 0 bridgehead atoms. The van der Waals surface area contributed by atoms with Gasteiger partial charge >= 0.3 is 0 Å². The average molecular weight is 433 g/mol. The van der Waals surface area contributed by atoms with Gasteiger partial charge in [0.25, 0.3) is 11.8 Å². The molecule has 32 heavy (non-hydrogen) atoms. The zero-order valence-corrected chi connectivity index (χ0v) is 18.4. The molecular weight excluding hydrogens is 404 g/mol. The predicted octanol–water partition coefficient (Wildman–Crippen LogP) is 3.78. The van der Waals surface area contributed by atoms with Crippen molar-refractivity contribution in [2.75, 3.05) is 26.2 Å². The first-order chi connectivity index (χ1) is 15.6. The summed E-state index contributed by atoms with van der Waals surface area (Å²) in [6.45, 7) is 4.94. The maximum absolute atomic E-state index is 13.5. The van der Waals surface area contributed by atoms with Crippen LogP contribution in [0, 0.1) is 6.92 Å². The zero-order chi connectivity index (χ0) is 22.1. The number of hydrogen-bond acceptors (Lipinski definition) is 4. The van der Waals surface area contributed by atoms with Gasteiger partial charge in [0.1, 0.15) is 11.5 Å². The van der Waals surface area contributed by atoms with E-state index in [1.165, 1.54) is 11.8 Å². The smallest absolute Gasteiger partial charge is 0.289 e. The van der Waals surface area contributed by atoms with E-state index in [0.717, 1.165) is 49.3 Å². The van der Waals surface area contributed by atoms with Crippen LogP contribution in [0.2, 0.25) is 0 Å². The SMILES string of the molecule is Cc1ccc(-c2nc(C(=O)N3CCN(C(=O)c4ccco4)CC3)c3n2CCCCC3)cc1. The number of aromatic nitrogens is 2. The number of imidazole rings is 1. The third-order valence-corrected chi connectivity index (χ3v) is 6.47.